The Morgan fingerprint density at radius 2 is 1.60 bits per heavy atom. The molecule has 5 heterocycles. The molecule has 2 amide bonds. The molecule has 2 bridgehead atoms. The van der Waals surface area contributed by atoms with Gasteiger partial charge in [0.1, 0.15) is 16.9 Å². The van der Waals surface area contributed by atoms with E-state index in [9.17, 15) is 19.2 Å². The quantitative estimate of drug-likeness (QED) is 0.256. The highest BCUT2D eigenvalue weighted by atomic mass is 16.5. The Kier molecular flexibility index (Phi) is 8.10. The number of nitrogens with one attached hydrogen (secondary N) is 1. The van der Waals surface area contributed by atoms with Gasteiger partial charge in [-0.3, -0.25) is 14.4 Å². The highest BCUT2D eigenvalue weighted by molar-refractivity contribution is 6.08. The van der Waals surface area contributed by atoms with Crippen LogP contribution in [0.1, 0.15) is 38.7 Å². The summed E-state index contributed by atoms with van der Waals surface area (Å²) in [5.41, 5.74) is 3.18. The Labute approximate surface area is 288 Å². The van der Waals surface area contributed by atoms with Crippen LogP contribution in [0.25, 0.3) is 11.0 Å². The van der Waals surface area contributed by atoms with E-state index in [2.05, 4.69) is 15.1 Å². The van der Waals surface area contributed by atoms with Gasteiger partial charge >= 0.3 is 5.63 Å². The smallest absolute Gasteiger partial charge is 0.349 e. The SMILES string of the molecule is COc1ccccc1N1CCN(C(=O)c2ccc(N3CC4CC(C3)c3cccc(=O)n3C4)c(NC(=O)c3cc4ccccc4oc3=O)c2)CC1. The van der Waals surface area contributed by atoms with Crippen LogP contribution in [0.3, 0.4) is 0 Å². The van der Waals surface area contributed by atoms with Crippen LogP contribution in [-0.4, -0.2) is 67.7 Å². The number of carbonyl (C=O) groups excluding carboxylic acids is 2. The first kappa shape index (κ1) is 31.4. The number of hydrogen-bond acceptors (Lipinski definition) is 8. The number of anilines is 3. The molecule has 2 unspecified atom stereocenters. The Morgan fingerprint density at radius 3 is 2.44 bits per heavy atom. The van der Waals surface area contributed by atoms with E-state index in [-0.39, 0.29) is 28.9 Å². The molecule has 2 atom stereocenters. The maximum absolute atomic E-state index is 13.9. The minimum Gasteiger partial charge on any atom is -0.495 e. The fourth-order valence-electron chi connectivity index (χ4n) is 7.77. The van der Waals surface area contributed by atoms with Gasteiger partial charge in [0.05, 0.1) is 24.2 Å². The first-order valence-electron chi connectivity index (χ1n) is 17.0. The van der Waals surface area contributed by atoms with E-state index < -0.39 is 11.5 Å². The number of pyridine rings is 1. The lowest BCUT2D eigenvalue weighted by Gasteiger charge is -2.44. The number of hydrogen-bond donors (Lipinski definition) is 1. The molecule has 8 rings (SSSR count). The van der Waals surface area contributed by atoms with Gasteiger partial charge in [0.15, 0.2) is 0 Å². The minimum absolute atomic E-state index is 0.0134. The van der Waals surface area contributed by atoms with Crippen LogP contribution in [0.15, 0.2) is 105 Å². The van der Waals surface area contributed by atoms with E-state index >= 15 is 0 Å². The van der Waals surface area contributed by atoms with Gasteiger partial charge < -0.3 is 33.7 Å². The lowest BCUT2D eigenvalue weighted by Crippen LogP contribution is -2.49. The number of piperazine rings is 1. The fourth-order valence-corrected chi connectivity index (χ4v) is 7.77. The van der Waals surface area contributed by atoms with Crippen molar-refractivity contribution in [2.45, 2.75) is 18.9 Å². The van der Waals surface area contributed by atoms with Crippen LogP contribution in [0, 0.1) is 5.92 Å². The maximum atomic E-state index is 13.9. The fraction of sp³-hybridized carbons (Fsp3) is 0.282. The molecule has 0 radical (unpaired) electrons. The molecule has 5 aromatic rings. The molecule has 0 spiro atoms. The zero-order valence-corrected chi connectivity index (χ0v) is 27.7. The number of aromatic nitrogens is 1. The molecule has 3 aliphatic rings. The van der Waals surface area contributed by atoms with E-state index in [1.807, 2.05) is 64.1 Å². The molecular formula is C39H37N5O6. The normalized spacial score (nSPS) is 18.5. The Hall–Kier alpha value is -5.84. The summed E-state index contributed by atoms with van der Waals surface area (Å²) in [5.74, 6) is 0.406. The number of para-hydroxylation sites is 3. The maximum Gasteiger partial charge on any atom is 0.349 e. The second kappa shape index (κ2) is 12.9. The minimum atomic E-state index is -0.738. The summed E-state index contributed by atoms with van der Waals surface area (Å²) >= 11 is 0. The van der Waals surface area contributed by atoms with Crippen molar-refractivity contribution in [2.24, 2.45) is 5.92 Å². The van der Waals surface area contributed by atoms with Crippen molar-refractivity contribution in [3.63, 3.8) is 0 Å². The summed E-state index contributed by atoms with van der Waals surface area (Å²) in [7, 11) is 1.65. The van der Waals surface area contributed by atoms with E-state index in [4.69, 9.17) is 9.15 Å². The molecular weight excluding hydrogens is 634 g/mol. The largest absolute Gasteiger partial charge is 0.495 e. The van der Waals surface area contributed by atoms with Gasteiger partial charge in [-0.25, -0.2) is 4.79 Å². The molecule has 2 aromatic heterocycles. The number of carbonyl (C=O) groups is 2. The molecule has 11 nitrogen and oxygen atoms in total. The van der Waals surface area contributed by atoms with Crippen molar-refractivity contribution in [2.75, 3.05) is 61.5 Å². The Bertz CT molecular complexity index is 2240. The van der Waals surface area contributed by atoms with Gasteiger partial charge in [-0.1, -0.05) is 36.4 Å². The summed E-state index contributed by atoms with van der Waals surface area (Å²) < 4.78 is 12.9. The third-order valence-corrected chi connectivity index (χ3v) is 10.2. The highest BCUT2D eigenvalue weighted by Crippen LogP contribution is 2.39. The lowest BCUT2D eigenvalue weighted by molar-refractivity contribution is 0.0746. The monoisotopic (exact) mass is 671 g/mol. The zero-order valence-electron chi connectivity index (χ0n) is 27.7. The van der Waals surface area contributed by atoms with Gasteiger partial charge in [-0.15, -0.1) is 0 Å². The van der Waals surface area contributed by atoms with Gasteiger partial charge in [-0.2, -0.15) is 0 Å². The van der Waals surface area contributed by atoms with Crippen LogP contribution in [0.5, 0.6) is 5.75 Å². The molecule has 1 N–H and O–H groups in total. The second-order valence-corrected chi connectivity index (χ2v) is 13.2. The van der Waals surface area contributed by atoms with Crippen molar-refractivity contribution < 1.29 is 18.7 Å². The van der Waals surface area contributed by atoms with Crippen LogP contribution < -0.4 is 31.0 Å². The number of nitrogens with zero attached hydrogens (tertiary/aromatic N) is 4. The summed E-state index contributed by atoms with van der Waals surface area (Å²) in [6, 6.07) is 27.3. The number of rotatable bonds is 6. The first-order chi connectivity index (χ1) is 24.4. The van der Waals surface area contributed by atoms with Crippen LogP contribution >= 0.6 is 0 Å². The third kappa shape index (κ3) is 5.78. The number of fused-ring (bicyclic) bond motifs is 5. The van der Waals surface area contributed by atoms with Gasteiger partial charge in [0.25, 0.3) is 17.4 Å². The van der Waals surface area contributed by atoms with E-state index in [0.29, 0.717) is 68.0 Å². The van der Waals surface area contributed by atoms with Crippen molar-refractivity contribution in [3.8, 4) is 5.75 Å². The summed E-state index contributed by atoms with van der Waals surface area (Å²) in [6.07, 6.45) is 0.969. The van der Waals surface area contributed by atoms with Gasteiger partial charge in [0, 0.05) is 74.4 Å². The number of benzene rings is 3. The van der Waals surface area contributed by atoms with Gasteiger partial charge in [0.2, 0.25) is 0 Å². The molecule has 3 aromatic carbocycles. The zero-order chi connectivity index (χ0) is 34.4. The number of amides is 2. The number of methoxy groups -OCH3 is 1. The van der Waals surface area contributed by atoms with Crippen molar-refractivity contribution in [1.82, 2.24) is 9.47 Å². The Balaban J connectivity index is 1.09. The molecule has 0 aliphatic carbocycles. The van der Waals surface area contributed by atoms with Crippen LogP contribution in [-0.2, 0) is 6.54 Å². The molecule has 11 heteroatoms. The predicted octanol–water partition coefficient (Wildman–Crippen LogP) is 4.80. The lowest BCUT2D eigenvalue weighted by atomic mass is 9.83. The average molecular weight is 672 g/mol. The van der Waals surface area contributed by atoms with Gasteiger partial charge in [-0.05, 0) is 60.9 Å². The standard InChI is InChI=1S/C39H37N5O6/c1-49-35-11-5-3-8-33(35)41-15-17-42(18-16-41)38(47)27-13-14-32(43-22-25-19-28(24-43)31-9-6-12-36(45)44(31)23-25)30(21-27)40-37(46)29-20-26-7-2-4-10-34(26)50-39(29)48/h2-14,20-21,25,28H,15-19,22-24H2,1H3,(H,40,46). The number of piperidine rings is 1. The molecule has 2 fully saturated rings. The average Bonchev–Trinajstić information content (AvgIpc) is 3.14. The van der Waals surface area contributed by atoms with E-state index in [1.54, 1.807) is 37.4 Å². The van der Waals surface area contributed by atoms with Crippen LogP contribution in [0.2, 0.25) is 0 Å². The third-order valence-electron chi connectivity index (χ3n) is 10.2. The predicted molar refractivity (Wildman–Crippen MR) is 192 cm³/mol. The van der Waals surface area contributed by atoms with Crippen molar-refractivity contribution in [3.05, 3.63) is 129 Å². The molecule has 254 valence electrons. The molecule has 0 saturated carbocycles. The topological polar surface area (TPSA) is 117 Å². The highest BCUT2D eigenvalue weighted by Gasteiger charge is 2.36. The van der Waals surface area contributed by atoms with Crippen molar-refractivity contribution >= 4 is 39.8 Å². The first-order valence-corrected chi connectivity index (χ1v) is 17.0. The molecule has 3 aliphatic heterocycles. The summed E-state index contributed by atoms with van der Waals surface area (Å²) in [5, 5.41) is 3.61. The molecule has 50 heavy (non-hydrogen) atoms. The second-order valence-electron chi connectivity index (χ2n) is 13.2. The molecule has 2 saturated heterocycles. The van der Waals surface area contributed by atoms with E-state index in [0.717, 1.165) is 29.2 Å². The number of ether oxygens (including phenoxy) is 1. The summed E-state index contributed by atoms with van der Waals surface area (Å²) in [4.78, 5) is 59.6. The Morgan fingerprint density at radius 1 is 0.800 bits per heavy atom. The van der Waals surface area contributed by atoms with Crippen molar-refractivity contribution in [1.29, 1.82) is 0 Å². The van der Waals surface area contributed by atoms with E-state index in [1.165, 1.54) is 6.07 Å². The van der Waals surface area contributed by atoms with Crippen LogP contribution in [0.4, 0.5) is 17.1 Å². The summed E-state index contributed by atoms with van der Waals surface area (Å²) in [6.45, 7) is 4.27.